The summed E-state index contributed by atoms with van der Waals surface area (Å²) in [6.45, 7) is 1.21. The molecule has 1 aromatic heterocycles. The molecule has 0 radical (unpaired) electrons. The molecule has 0 bridgehead atoms. The second kappa shape index (κ2) is 7.44. The molecule has 1 fully saturated rings. The van der Waals surface area contributed by atoms with Crippen LogP contribution in [0.15, 0.2) is 73.1 Å². The quantitative estimate of drug-likeness (QED) is 0.719. The first kappa shape index (κ1) is 16.4. The first-order valence-corrected chi connectivity index (χ1v) is 8.93. The standard InChI is InChI=1S/C21H22N4O/c26-21(24-20-13-19(20)16-7-2-1-3-8-16)22-14-17-9-4-5-10-18(17)15-25-12-6-11-23-25/h1-12,19-20H,13-15H2,(H2,22,24,26)/t19-,20-/m0/s1. The molecule has 0 saturated heterocycles. The van der Waals surface area contributed by atoms with Gasteiger partial charge in [0.15, 0.2) is 0 Å². The summed E-state index contributed by atoms with van der Waals surface area (Å²) in [4.78, 5) is 12.2. The number of nitrogens with one attached hydrogen (secondary N) is 2. The largest absolute Gasteiger partial charge is 0.335 e. The van der Waals surface area contributed by atoms with E-state index in [9.17, 15) is 4.79 Å². The van der Waals surface area contributed by atoms with E-state index in [4.69, 9.17) is 0 Å². The van der Waals surface area contributed by atoms with Crippen molar-refractivity contribution in [3.63, 3.8) is 0 Å². The zero-order valence-corrected chi connectivity index (χ0v) is 14.5. The Morgan fingerprint density at radius 1 is 1.04 bits per heavy atom. The zero-order valence-electron chi connectivity index (χ0n) is 14.5. The smallest absolute Gasteiger partial charge is 0.315 e. The normalized spacial score (nSPS) is 18.3. The van der Waals surface area contributed by atoms with Gasteiger partial charge in [-0.1, -0.05) is 54.6 Å². The van der Waals surface area contributed by atoms with Gasteiger partial charge in [-0.05, 0) is 29.2 Å². The number of carbonyl (C=O) groups excluding carboxylic acids is 1. The van der Waals surface area contributed by atoms with Crippen LogP contribution in [-0.4, -0.2) is 21.9 Å². The fraction of sp³-hybridized carbons (Fsp3) is 0.238. The highest BCUT2D eigenvalue weighted by Crippen LogP contribution is 2.40. The van der Waals surface area contributed by atoms with Gasteiger partial charge in [0.2, 0.25) is 0 Å². The van der Waals surface area contributed by atoms with E-state index in [0.717, 1.165) is 17.5 Å². The summed E-state index contributed by atoms with van der Waals surface area (Å²) in [5, 5.41) is 10.3. The fourth-order valence-electron chi connectivity index (χ4n) is 3.27. The Bertz CT molecular complexity index is 861. The van der Waals surface area contributed by atoms with Crippen LogP contribution in [0.2, 0.25) is 0 Å². The Hall–Kier alpha value is -3.08. The number of hydrogen-bond donors (Lipinski definition) is 2. The molecule has 5 heteroatoms. The molecule has 1 heterocycles. The Morgan fingerprint density at radius 3 is 2.58 bits per heavy atom. The molecule has 0 aliphatic heterocycles. The van der Waals surface area contributed by atoms with Gasteiger partial charge in [-0.15, -0.1) is 0 Å². The van der Waals surface area contributed by atoms with Crippen molar-refractivity contribution in [3.05, 3.63) is 89.7 Å². The molecule has 4 rings (SSSR count). The number of urea groups is 1. The molecule has 2 N–H and O–H groups in total. The lowest BCUT2D eigenvalue weighted by atomic mass is 10.1. The van der Waals surface area contributed by atoms with E-state index in [2.05, 4.69) is 33.9 Å². The van der Waals surface area contributed by atoms with E-state index in [-0.39, 0.29) is 12.1 Å². The van der Waals surface area contributed by atoms with Crippen LogP contribution in [-0.2, 0) is 13.1 Å². The molecule has 3 aromatic rings. The summed E-state index contributed by atoms with van der Waals surface area (Å²) in [7, 11) is 0. The van der Waals surface area contributed by atoms with Crippen molar-refractivity contribution in [2.45, 2.75) is 31.5 Å². The summed E-state index contributed by atoms with van der Waals surface area (Å²) in [5.74, 6) is 0.439. The van der Waals surface area contributed by atoms with Crippen LogP contribution in [0.1, 0.15) is 29.0 Å². The summed E-state index contributed by atoms with van der Waals surface area (Å²) in [6.07, 6.45) is 4.72. The van der Waals surface area contributed by atoms with Gasteiger partial charge in [-0.3, -0.25) is 4.68 Å². The van der Waals surface area contributed by atoms with Crippen LogP contribution in [0.3, 0.4) is 0 Å². The molecule has 0 unspecified atom stereocenters. The number of benzene rings is 2. The van der Waals surface area contributed by atoms with Crippen LogP contribution in [0.25, 0.3) is 0 Å². The van der Waals surface area contributed by atoms with Crippen LogP contribution >= 0.6 is 0 Å². The number of rotatable bonds is 6. The van der Waals surface area contributed by atoms with Gasteiger partial charge in [-0.25, -0.2) is 4.79 Å². The second-order valence-electron chi connectivity index (χ2n) is 6.66. The number of carbonyl (C=O) groups is 1. The number of nitrogens with zero attached hydrogens (tertiary/aromatic N) is 2. The second-order valence-corrected chi connectivity index (χ2v) is 6.66. The molecule has 1 saturated carbocycles. The van der Waals surface area contributed by atoms with Gasteiger partial charge >= 0.3 is 6.03 Å². The minimum Gasteiger partial charge on any atom is -0.335 e. The molecule has 2 aromatic carbocycles. The Labute approximate surface area is 153 Å². The van der Waals surface area contributed by atoms with E-state index in [0.29, 0.717) is 19.0 Å². The lowest BCUT2D eigenvalue weighted by molar-refractivity contribution is 0.240. The zero-order chi connectivity index (χ0) is 17.8. The van der Waals surface area contributed by atoms with Crippen molar-refractivity contribution < 1.29 is 4.79 Å². The van der Waals surface area contributed by atoms with Crippen molar-refractivity contribution in [1.82, 2.24) is 20.4 Å². The van der Waals surface area contributed by atoms with E-state index in [1.54, 1.807) is 6.20 Å². The van der Waals surface area contributed by atoms with Crippen molar-refractivity contribution in [2.75, 3.05) is 0 Å². The predicted octanol–water partition coefficient (Wildman–Crippen LogP) is 3.29. The highest BCUT2D eigenvalue weighted by molar-refractivity contribution is 5.75. The predicted molar refractivity (Wildman–Crippen MR) is 101 cm³/mol. The SMILES string of the molecule is O=C(NCc1ccccc1Cn1cccn1)N[C@H]1C[C@H]1c1ccccc1. The monoisotopic (exact) mass is 346 g/mol. The Morgan fingerprint density at radius 2 is 1.81 bits per heavy atom. The van der Waals surface area contributed by atoms with E-state index < -0.39 is 0 Å². The van der Waals surface area contributed by atoms with Gasteiger partial charge in [0, 0.05) is 30.9 Å². The number of hydrogen-bond acceptors (Lipinski definition) is 2. The Kier molecular flexibility index (Phi) is 4.69. The maximum atomic E-state index is 12.2. The molecule has 2 atom stereocenters. The van der Waals surface area contributed by atoms with Gasteiger partial charge in [0.25, 0.3) is 0 Å². The highest BCUT2D eigenvalue weighted by atomic mass is 16.2. The van der Waals surface area contributed by atoms with Gasteiger partial charge < -0.3 is 10.6 Å². The first-order chi connectivity index (χ1) is 12.8. The third kappa shape index (κ3) is 3.94. The van der Waals surface area contributed by atoms with Crippen molar-refractivity contribution in [3.8, 4) is 0 Å². The van der Waals surface area contributed by atoms with Crippen molar-refractivity contribution in [1.29, 1.82) is 0 Å². The van der Waals surface area contributed by atoms with Crippen molar-refractivity contribution >= 4 is 6.03 Å². The van der Waals surface area contributed by atoms with Crippen LogP contribution in [0.5, 0.6) is 0 Å². The van der Waals surface area contributed by atoms with Gasteiger partial charge in [0.1, 0.15) is 0 Å². The summed E-state index contributed by atoms with van der Waals surface area (Å²) >= 11 is 0. The number of amides is 2. The molecular formula is C21H22N4O. The molecule has 1 aliphatic carbocycles. The average Bonchev–Trinajstić information content (AvgIpc) is 3.24. The highest BCUT2D eigenvalue weighted by Gasteiger charge is 2.39. The van der Waals surface area contributed by atoms with Crippen LogP contribution in [0, 0.1) is 0 Å². The van der Waals surface area contributed by atoms with E-state index in [1.807, 2.05) is 53.3 Å². The third-order valence-electron chi connectivity index (χ3n) is 4.78. The number of aromatic nitrogens is 2. The molecule has 1 aliphatic rings. The Balaban J connectivity index is 1.30. The maximum Gasteiger partial charge on any atom is 0.315 e. The molecular weight excluding hydrogens is 324 g/mol. The molecule has 26 heavy (non-hydrogen) atoms. The molecule has 132 valence electrons. The third-order valence-corrected chi connectivity index (χ3v) is 4.78. The lowest BCUT2D eigenvalue weighted by Gasteiger charge is -2.12. The summed E-state index contributed by atoms with van der Waals surface area (Å²) in [5.41, 5.74) is 3.56. The van der Waals surface area contributed by atoms with E-state index in [1.165, 1.54) is 5.56 Å². The van der Waals surface area contributed by atoms with Crippen LogP contribution < -0.4 is 10.6 Å². The summed E-state index contributed by atoms with van der Waals surface area (Å²) < 4.78 is 1.88. The van der Waals surface area contributed by atoms with Gasteiger partial charge in [-0.2, -0.15) is 5.10 Å². The fourth-order valence-corrected chi connectivity index (χ4v) is 3.27. The lowest BCUT2D eigenvalue weighted by Crippen LogP contribution is -2.37. The average molecular weight is 346 g/mol. The molecule has 2 amide bonds. The molecule has 5 nitrogen and oxygen atoms in total. The van der Waals surface area contributed by atoms with E-state index >= 15 is 0 Å². The van der Waals surface area contributed by atoms with Crippen LogP contribution in [0.4, 0.5) is 4.79 Å². The molecule has 0 spiro atoms. The van der Waals surface area contributed by atoms with Crippen molar-refractivity contribution in [2.24, 2.45) is 0 Å². The first-order valence-electron chi connectivity index (χ1n) is 8.93. The minimum atomic E-state index is -0.109. The maximum absolute atomic E-state index is 12.2. The van der Waals surface area contributed by atoms with Gasteiger partial charge in [0.05, 0.1) is 6.54 Å². The minimum absolute atomic E-state index is 0.109. The summed E-state index contributed by atoms with van der Waals surface area (Å²) in [6, 6.07) is 20.5. The topological polar surface area (TPSA) is 59.0 Å².